The number of aromatic nitrogens is 2. The van der Waals surface area contributed by atoms with Crippen LogP contribution in [0, 0.1) is 17.8 Å². The van der Waals surface area contributed by atoms with Crippen LogP contribution in [-0.4, -0.2) is 20.3 Å². The molecule has 2 aromatic heterocycles. The van der Waals surface area contributed by atoms with Gasteiger partial charge in [-0.3, -0.25) is 4.79 Å². The average molecular weight is 296 g/mol. The standard InChI is InChI=1S/C18H20N2O2/c21-17-12-4-3-11(7-12)15(17)18(22)16-14(10-1-2-10)6-5-13-8-19-9-20(13)16/h5-6,8-12,15,18,22H,1-4,7H2. The van der Waals surface area contributed by atoms with Crippen LogP contribution >= 0.6 is 0 Å². The summed E-state index contributed by atoms with van der Waals surface area (Å²) in [6, 6.07) is 4.20. The smallest absolute Gasteiger partial charge is 0.142 e. The fourth-order valence-corrected chi connectivity index (χ4v) is 4.77. The summed E-state index contributed by atoms with van der Waals surface area (Å²) in [5.74, 6) is 1.21. The molecule has 3 aliphatic rings. The highest BCUT2D eigenvalue weighted by Crippen LogP contribution is 2.52. The summed E-state index contributed by atoms with van der Waals surface area (Å²) in [7, 11) is 0. The minimum atomic E-state index is -0.684. The predicted octanol–water partition coefficient (Wildman–Crippen LogP) is 2.86. The SMILES string of the molecule is O=C1C2CCC(C2)C1C(O)c1c(C2CC2)ccc2cncn12. The van der Waals surface area contributed by atoms with Gasteiger partial charge in [0.05, 0.1) is 29.7 Å². The van der Waals surface area contributed by atoms with Crippen molar-refractivity contribution in [2.75, 3.05) is 0 Å². The van der Waals surface area contributed by atoms with Gasteiger partial charge in [-0.25, -0.2) is 4.98 Å². The van der Waals surface area contributed by atoms with Crippen LogP contribution in [0.25, 0.3) is 5.52 Å². The number of carbonyl (C=O) groups excluding carboxylic acids is 1. The molecule has 0 saturated heterocycles. The topological polar surface area (TPSA) is 54.6 Å². The quantitative estimate of drug-likeness (QED) is 0.947. The molecule has 0 aromatic carbocycles. The molecule has 0 radical (unpaired) electrons. The van der Waals surface area contributed by atoms with E-state index in [1.807, 2.05) is 10.6 Å². The molecule has 5 rings (SSSR count). The summed E-state index contributed by atoms with van der Waals surface area (Å²) in [4.78, 5) is 16.8. The molecule has 3 saturated carbocycles. The Morgan fingerprint density at radius 1 is 1.18 bits per heavy atom. The molecule has 22 heavy (non-hydrogen) atoms. The van der Waals surface area contributed by atoms with Gasteiger partial charge in [0, 0.05) is 5.92 Å². The molecule has 114 valence electrons. The Morgan fingerprint density at radius 2 is 2.00 bits per heavy atom. The first-order chi connectivity index (χ1) is 10.7. The van der Waals surface area contributed by atoms with E-state index in [0.717, 1.165) is 30.5 Å². The molecule has 1 N–H and O–H groups in total. The van der Waals surface area contributed by atoms with Gasteiger partial charge in [-0.1, -0.05) is 6.07 Å². The zero-order valence-electron chi connectivity index (χ0n) is 12.5. The van der Waals surface area contributed by atoms with Gasteiger partial charge in [-0.05, 0) is 55.6 Å². The van der Waals surface area contributed by atoms with Crippen molar-refractivity contribution in [2.24, 2.45) is 17.8 Å². The van der Waals surface area contributed by atoms with Gasteiger partial charge in [0.2, 0.25) is 0 Å². The molecule has 4 atom stereocenters. The van der Waals surface area contributed by atoms with E-state index in [2.05, 4.69) is 17.1 Å². The molecule has 0 aliphatic heterocycles. The molecule has 0 amide bonds. The second kappa shape index (κ2) is 4.42. The van der Waals surface area contributed by atoms with Crippen LogP contribution in [0.4, 0.5) is 0 Å². The second-order valence-electron chi connectivity index (χ2n) is 7.28. The van der Waals surface area contributed by atoms with Crippen LogP contribution in [0.2, 0.25) is 0 Å². The van der Waals surface area contributed by atoms with Crippen molar-refractivity contribution in [3.05, 3.63) is 35.9 Å². The van der Waals surface area contributed by atoms with E-state index in [1.165, 1.54) is 18.4 Å². The number of carbonyl (C=O) groups is 1. The number of fused-ring (bicyclic) bond motifs is 3. The fraction of sp³-hybridized carbons (Fsp3) is 0.556. The minimum absolute atomic E-state index is 0.204. The minimum Gasteiger partial charge on any atom is -0.386 e. The number of aliphatic hydroxyl groups excluding tert-OH is 1. The number of hydrogen-bond donors (Lipinski definition) is 1. The van der Waals surface area contributed by atoms with Gasteiger partial charge < -0.3 is 9.51 Å². The number of Topliss-reactive ketones (excluding diaryl/α,β-unsaturated/α-hetero) is 1. The highest BCUT2D eigenvalue weighted by atomic mass is 16.3. The van der Waals surface area contributed by atoms with Gasteiger partial charge in [0.15, 0.2) is 0 Å². The number of aliphatic hydroxyl groups is 1. The molecule has 4 unspecified atom stereocenters. The molecular formula is C18H20N2O2. The second-order valence-corrected chi connectivity index (χ2v) is 7.28. The Kier molecular flexibility index (Phi) is 2.57. The molecule has 2 aromatic rings. The van der Waals surface area contributed by atoms with Gasteiger partial charge >= 0.3 is 0 Å². The van der Waals surface area contributed by atoms with E-state index in [1.54, 1.807) is 6.33 Å². The Bertz CT molecular complexity index is 762. The third-order valence-electron chi connectivity index (χ3n) is 6.01. The van der Waals surface area contributed by atoms with Crippen LogP contribution in [-0.2, 0) is 4.79 Å². The number of imidazole rings is 1. The average Bonchev–Trinajstić information content (AvgIpc) is 2.96. The molecule has 0 spiro atoms. The van der Waals surface area contributed by atoms with Crippen LogP contribution < -0.4 is 0 Å². The van der Waals surface area contributed by atoms with Crippen molar-refractivity contribution in [3.8, 4) is 0 Å². The monoisotopic (exact) mass is 296 g/mol. The summed E-state index contributed by atoms with van der Waals surface area (Å²) in [5.41, 5.74) is 3.13. The third kappa shape index (κ3) is 1.67. The van der Waals surface area contributed by atoms with Gasteiger partial charge in [0.1, 0.15) is 11.9 Å². The first kappa shape index (κ1) is 12.8. The molecule has 4 heteroatoms. The van der Waals surface area contributed by atoms with Gasteiger partial charge in [0.25, 0.3) is 0 Å². The first-order valence-corrected chi connectivity index (χ1v) is 8.40. The van der Waals surface area contributed by atoms with E-state index >= 15 is 0 Å². The normalized spacial score (nSPS) is 32.0. The van der Waals surface area contributed by atoms with Gasteiger partial charge in [-0.15, -0.1) is 0 Å². The Labute approximate surface area is 129 Å². The number of nitrogens with zero attached hydrogens (tertiary/aromatic N) is 2. The zero-order chi connectivity index (χ0) is 14.8. The maximum Gasteiger partial charge on any atom is 0.142 e. The van der Waals surface area contributed by atoms with Crippen LogP contribution in [0.15, 0.2) is 24.7 Å². The highest BCUT2D eigenvalue weighted by molar-refractivity contribution is 5.87. The van der Waals surface area contributed by atoms with Crippen molar-refractivity contribution >= 4 is 11.3 Å². The molecular weight excluding hydrogens is 276 g/mol. The maximum absolute atomic E-state index is 12.6. The van der Waals surface area contributed by atoms with Crippen LogP contribution in [0.1, 0.15) is 55.4 Å². The molecule has 2 heterocycles. The number of ketones is 1. The first-order valence-electron chi connectivity index (χ1n) is 8.40. The van der Waals surface area contributed by atoms with E-state index in [0.29, 0.717) is 17.6 Å². The lowest BCUT2D eigenvalue weighted by Crippen LogP contribution is -2.29. The Morgan fingerprint density at radius 3 is 2.73 bits per heavy atom. The third-order valence-corrected chi connectivity index (χ3v) is 6.01. The van der Waals surface area contributed by atoms with Crippen molar-refractivity contribution in [2.45, 2.75) is 44.1 Å². The largest absolute Gasteiger partial charge is 0.386 e. The van der Waals surface area contributed by atoms with Crippen molar-refractivity contribution in [1.29, 1.82) is 0 Å². The molecule has 4 nitrogen and oxygen atoms in total. The number of pyridine rings is 1. The molecule has 2 bridgehead atoms. The number of rotatable bonds is 3. The van der Waals surface area contributed by atoms with E-state index in [-0.39, 0.29) is 11.8 Å². The lowest BCUT2D eigenvalue weighted by molar-refractivity contribution is -0.129. The lowest BCUT2D eigenvalue weighted by atomic mass is 9.81. The summed E-state index contributed by atoms with van der Waals surface area (Å²) in [6.45, 7) is 0. The number of hydrogen-bond acceptors (Lipinski definition) is 3. The Balaban J connectivity index is 1.64. The maximum atomic E-state index is 12.6. The fourth-order valence-electron chi connectivity index (χ4n) is 4.77. The van der Waals surface area contributed by atoms with E-state index < -0.39 is 6.10 Å². The van der Waals surface area contributed by atoms with Crippen LogP contribution in [0.5, 0.6) is 0 Å². The zero-order valence-corrected chi connectivity index (χ0v) is 12.5. The summed E-state index contributed by atoms with van der Waals surface area (Å²) in [6.07, 6.45) is 8.38. The van der Waals surface area contributed by atoms with Crippen molar-refractivity contribution in [1.82, 2.24) is 9.38 Å². The van der Waals surface area contributed by atoms with Gasteiger partial charge in [-0.2, -0.15) is 0 Å². The lowest BCUT2D eigenvalue weighted by Gasteiger charge is -2.28. The summed E-state index contributed by atoms with van der Waals surface area (Å²) < 4.78 is 2.00. The molecule has 3 aliphatic carbocycles. The van der Waals surface area contributed by atoms with Crippen molar-refractivity contribution < 1.29 is 9.90 Å². The Hall–Kier alpha value is -1.68. The van der Waals surface area contributed by atoms with Crippen molar-refractivity contribution in [3.63, 3.8) is 0 Å². The van der Waals surface area contributed by atoms with E-state index in [9.17, 15) is 9.90 Å². The summed E-state index contributed by atoms with van der Waals surface area (Å²) in [5, 5.41) is 11.1. The highest BCUT2D eigenvalue weighted by Gasteiger charge is 2.51. The molecule has 3 fully saturated rings. The van der Waals surface area contributed by atoms with E-state index in [4.69, 9.17) is 0 Å². The summed E-state index contributed by atoms with van der Waals surface area (Å²) >= 11 is 0. The van der Waals surface area contributed by atoms with Crippen LogP contribution in [0.3, 0.4) is 0 Å². The predicted molar refractivity (Wildman–Crippen MR) is 81.5 cm³/mol.